The van der Waals surface area contributed by atoms with E-state index in [-0.39, 0.29) is 0 Å². The Balaban J connectivity index is 2.15. The molecule has 0 spiro atoms. The Morgan fingerprint density at radius 1 is 0.929 bits per heavy atom. The van der Waals surface area contributed by atoms with Crippen molar-refractivity contribution in [1.29, 1.82) is 0 Å². The van der Waals surface area contributed by atoms with E-state index >= 15 is 0 Å². The van der Waals surface area contributed by atoms with Gasteiger partial charge in [0.25, 0.3) is 0 Å². The molecule has 1 aromatic carbocycles. The molecule has 1 heteroatoms. The summed E-state index contributed by atoms with van der Waals surface area (Å²) in [6.07, 6.45) is 8.11. The first-order valence-electron chi connectivity index (χ1n) is 4.72. The molecular weight excluding hydrogens is 170 g/mol. The van der Waals surface area contributed by atoms with Gasteiger partial charge in [-0.1, -0.05) is 42.0 Å². The molecule has 70 valence electrons. The Hall–Kier alpha value is -1.76. The second-order valence-electron chi connectivity index (χ2n) is 3.39. The van der Waals surface area contributed by atoms with Gasteiger partial charge in [0, 0.05) is 12.4 Å². The molecule has 2 rings (SSSR count). The van der Waals surface area contributed by atoms with E-state index in [4.69, 9.17) is 0 Å². The molecule has 14 heavy (non-hydrogen) atoms. The van der Waals surface area contributed by atoms with Crippen LogP contribution in [0.5, 0.6) is 0 Å². The number of H-pyrrole nitrogens is 1. The number of hydrogen-bond donors (Lipinski definition) is 1. The molecule has 0 unspecified atom stereocenters. The van der Waals surface area contributed by atoms with Crippen molar-refractivity contribution in [2.24, 2.45) is 0 Å². The molecule has 0 bridgehead atoms. The minimum Gasteiger partial charge on any atom is -0.367 e. The van der Waals surface area contributed by atoms with Gasteiger partial charge in [0.1, 0.15) is 0 Å². The minimum absolute atomic E-state index is 1.20. The Kier molecular flexibility index (Phi) is 2.50. The third-order valence-electron chi connectivity index (χ3n) is 2.17. The lowest BCUT2D eigenvalue weighted by Crippen LogP contribution is -1.73. The number of nitrogens with one attached hydrogen (secondary N) is 1. The highest BCUT2D eigenvalue weighted by molar-refractivity contribution is 5.69. The molecule has 0 amide bonds. The zero-order chi connectivity index (χ0) is 9.80. The fraction of sp³-hybridized carbons (Fsp3) is 0.0769. The maximum absolute atomic E-state index is 3.02. The van der Waals surface area contributed by atoms with Crippen molar-refractivity contribution in [1.82, 2.24) is 4.98 Å². The topological polar surface area (TPSA) is 15.8 Å². The van der Waals surface area contributed by atoms with Crippen molar-refractivity contribution in [3.63, 3.8) is 0 Å². The Morgan fingerprint density at radius 3 is 2.29 bits per heavy atom. The van der Waals surface area contributed by atoms with E-state index < -0.39 is 0 Å². The average Bonchev–Trinajstić information content (AvgIpc) is 2.70. The summed E-state index contributed by atoms with van der Waals surface area (Å²) < 4.78 is 0. The van der Waals surface area contributed by atoms with Gasteiger partial charge in [-0.25, -0.2) is 0 Å². The van der Waals surface area contributed by atoms with Crippen molar-refractivity contribution in [2.75, 3.05) is 0 Å². The van der Waals surface area contributed by atoms with Crippen LogP contribution in [0.4, 0.5) is 0 Å². The van der Waals surface area contributed by atoms with Crippen molar-refractivity contribution in [3.05, 3.63) is 59.4 Å². The van der Waals surface area contributed by atoms with Crippen LogP contribution in [0, 0.1) is 6.92 Å². The Bertz CT molecular complexity index is 407. The standard InChI is InChI=1S/C13H13N/c1-11-2-4-12(5-3-11)6-7-13-8-9-14-10-13/h2-10,14H,1H3. The average molecular weight is 183 g/mol. The van der Waals surface area contributed by atoms with E-state index in [9.17, 15) is 0 Å². The third-order valence-corrected chi connectivity index (χ3v) is 2.17. The van der Waals surface area contributed by atoms with Gasteiger partial charge >= 0.3 is 0 Å². The second-order valence-corrected chi connectivity index (χ2v) is 3.39. The maximum Gasteiger partial charge on any atom is 0.00781 e. The van der Waals surface area contributed by atoms with Crippen LogP contribution in [0.1, 0.15) is 16.7 Å². The quantitative estimate of drug-likeness (QED) is 0.733. The fourth-order valence-electron chi connectivity index (χ4n) is 1.31. The van der Waals surface area contributed by atoms with Gasteiger partial charge in [0.15, 0.2) is 0 Å². The molecular formula is C13H13N. The van der Waals surface area contributed by atoms with E-state index in [1.165, 1.54) is 16.7 Å². The van der Waals surface area contributed by atoms with Crippen LogP contribution >= 0.6 is 0 Å². The molecule has 2 aromatic rings. The van der Waals surface area contributed by atoms with Gasteiger partial charge in [-0.05, 0) is 24.1 Å². The highest BCUT2D eigenvalue weighted by Crippen LogP contribution is 2.08. The van der Waals surface area contributed by atoms with Crippen LogP contribution in [0.15, 0.2) is 42.7 Å². The van der Waals surface area contributed by atoms with Crippen LogP contribution in [-0.4, -0.2) is 4.98 Å². The smallest absolute Gasteiger partial charge is 0.00781 e. The van der Waals surface area contributed by atoms with Crippen molar-refractivity contribution >= 4 is 12.2 Å². The molecule has 1 heterocycles. The molecule has 1 nitrogen and oxygen atoms in total. The Labute approximate surface area is 84.1 Å². The van der Waals surface area contributed by atoms with Gasteiger partial charge in [0.05, 0.1) is 0 Å². The highest BCUT2D eigenvalue weighted by Gasteiger charge is 1.87. The summed E-state index contributed by atoms with van der Waals surface area (Å²) >= 11 is 0. The lowest BCUT2D eigenvalue weighted by atomic mass is 10.1. The molecule has 0 saturated carbocycles. The van der Waals surface area contributed by atoms with Gasteiger partial charge in [0.2, 0.25) is 0 Å². The van der Waals surface area contributed by atoms with Gasteiger partial charge in [-0.2, -0.15) is 0 Å². The predicted molar refractivity (Wildman–Crippen MR) is 60.9 cm³/mol. The highest BCUT2D eigenvalue weighted by atomic mass is 14.6. The first-order chi connectivity index (χ1) is 6.84. The molecule has 0 radical (unpaired) electrons. The number of hydrogen-bond acceptors (Lipinski definition) is 0. The van der Waals surface area contributed by atoms with Crippen molar-refractivity contribution in [3.8, 4) is 0 Å². The molecule has 1 N–H and O–H groups in total. The van der Waals surface area contributed by atoms with Gasteiger partial charge in [-0.3, -0.25) is 0 Å². The van der Waals surface area contributed by atoms with Crippen LogP contribution < -0.4 is 0 Å². The first kappa shape index (κ1) is 8.82. The molecule has 0 aliphatic rings. The second kappa shape index (κ2) is 3.97. The van der Waals surface area contributed by atoms with Crippen molar-refractivity contribution < 1.29 is 0 Å². The first-order valence-corrected chi connectivity index (χ1v) is 4.72. The molecule has 0 saturated heterocycles. The van der Waals surface area contributed by atoms with Crippen LogP contribution in [0.3, 0.4) is 0 Å². The summed E-state index contributed by atoms with van der Waals surface area (Å²) in [6, 6.07) is 10.5. The molecule has 0 fully saturated rings. The fourth-order valence-corrected chi connectivity index (χ4v) is 1.31. The van der Waals surface area contributed by atoms with Gasteiger partial charge in [-0.15, -0.1) is 0 Å². The number of aromatic amines is 1. The summed E-state index contributed by atoms with van der Waals surface area (Å²) in [5.74, 6) is 0. The minimum atomic E-state index is 1.20. The van der Waals surface area contributed by atoms with Crippen LogP contribution in [-0.2, 0) is 0 Å². The summed E-state index contributed by atoms with van der Waals surface area (Å²) in [4.78, 5) is 3.02. The number of aromatic nitrogens is 1. The zero-order valence-corrected chi connectivity index (χ0v) is 8.20. The number of benzene rings is 1. The summed E-state index contributed by atoms with van der Waals surface area (Å²) in [5, 5.41) is 0. The third kappa shape index (κ3) is 2.13. The summed E-state index contributed by atoms with van der Waals surface area (Å²) in [5.41, 5.74) is 3.73. The van der Waals surface area contributed by atoms with E-state index in [1.54, 1.807) is 0 Å². The van der Waals surface area contributed by atoms with Crippen molar-refractivity contribution in [2.45, 2.75) is 6.92 Å². The zero-order valence-electron chi connectivity index (χ0n) is 8.20. The van der Waals surface area contributed by atoms with E-state index in [0.717, 1.165) is 0 Å². The largest absolute Gasteiger partial charge is 0.367 e. The lowest BCUT2D eigenvalue weighted by Gasteiger charge is -1.93. The monoisotopic (exact) mass is 183 g/mol. The van der Waals surface area contributed by atoms with E-state index in [1.807, 2.05) is 18.5 Å². The molecule has 0 aliphatic carbocycles. The lowest BCUT2D eigenvalue weighted by molar-refractivity contribution is 1.41. The van der Waals surface area contributed by atoms with E-state index in [2.05, 4.69) is 48.3 Å². The summed E-state index contributed by atoms with van der Waals surface area (Å²) in [6.45, 7) is 2.10. The van der Waals surface area contributed by atoms with Crippen LogP contribution in [0.25, 0.3) is 12.2 Å². The maximum atomic E-state index is 3.02. The summed E-state index contributed by atoms with van der Waals surface area (Å²) in [7, 11) is 0. The normalized spacial score (nSPS) is 10.9. The SMILES string of the molecule is Cc1ccc(C=Cc2cc[nH]c2)cc1. The number of aryl methyl sites for hydroxylation is 1. The molecule has 0 atom stereocenters. The number of rotatable bonds is 2. The Morgan fingerprint density at radius 2 is 1.64 bits per heavy atom. The van der Waals surface area contributed by atoms with E-state index in [0.29, 0.717) is 0 Å². The molecule has 1 aromatic heterocycles. The van der Waals surface area contributed by atoms with Gasteiger partial charge < -0.3 is 4.98 Å². The van der Waals surface area contributed by atoms with Crippen LogP contribution in [0.2, 0.25) is 0 Å². The molecule has 0 aliphatic heterocycles. The predicted octanol–water partition coefficient (Wildman–Crippen LogP) is 3.49.